The average Bonchev–Trinajstić information content (AvgIpc) is 2.85. The van der Waals surface area contributed by atoms with Crippen LogP contribution in [0.3, 0.4) is 0 Å². The monoisotopic (exact) mass is 278 g/mol. The van der Waals surface area contributed by atoms with E-state index in [9.17, 15) is 13.6 Å². The summed E-state index contributed by atoms with van der Waals surface area (Å²) in [6, 6.07) is 3.42. The number of carboxylic acids is 1. The summed E-state index contributed by atoms with van der Waals surface area (Å²) in [5.41, 5.74) is 0. The molecule has 0 aliphatic carbocycles. The van der Waals surface area contributed by atoms with Crippen molar-refractivity contribution < 1.29 is 23.1 Å². The number of hydrogen-bond acceptors (Lipinski definition) is 6. The van der Waals surface area contributed by atoms with E-state index in [2.05, 4.69) is 10.2 Å². The molecule has 0 radical (unpaired) electrons. The summed E-state index contributed by atoms with van der Waals surface area (Å²) >= 11 is 1.01. The maximum atomic E-state index is 12.8. The smallest absolute Gasteiger partial charge is 0.397 e. The summed E-state index contributed by atoms with van der Waals surface area (Å²) < 4.78 is 30.6. The molecule has 0 amide bonds. The first-order valence-electron chi connectivity index (χ1n) is 4.16. The van der Waals surface area contributed by atoms with Crippen LogP contribution in [0.1, 0.15) is 0 Å². The summed E-state index contributed by atoms with van der Waals surface area (Å²) in [5.74, 6) is -2.16. The Morgan fingerprint density at radius 2 is 2.29 bits per heavy atom. The Morgan fingerprint density at radius 1 is 1.53 bits per heavy atom. The van der Waals surface area contributed by atoms with Crippen molar-refractivity contribution in [2.24, 2.45) is 0 Å². The zero-order valence-corrected chi connectivity index (χ0v) is 9.60. The molecule has 0 fully saturated rings. The van der Waals surface area contributed by atoms with Crippen molar-refractivity contribution in [3.05, 3.63) is 17.5 Å². The van der Waals surface area contributed by atoms with Gasteiger partial charge in [0.2, 0.25) is 0 Å². The van der Waals surface area contributed by atoms with Gasteiger partial charge in [0.1, 0.15) is 0 Å². The van der Waals surface area contributed by atoms with E-state index in [1.807, 2.05) is 0 Å². The number of nitrogens with zero attached hydrogens (tertiary/aromatic N) is 2. The quantitative estimate of drug-likeness (QED) is 0.866. The normalized spacial score (nSPS) is 11.6. The first-order valence-corrected chi connectivity index (χ1v) is 5.86. The van der Waals surface area contributed by atoms with Crippen molar-refractivity contribution in [3.63, 3.8) is 0 Å². The van der Waals surface area contributed by atoms with Gasteiger partial charge >= 0.3 is 11.2 Å². The zero-order chi connectivity index (χ0) is 12.5. The van der Waals surface area contributed by atoms with Gasteiger partial charge in [0, 0.05) is 11.8 Å². The summed E-state index contributed by atoms with van der Waals surface area (Å²) in [7, 11) is 0. The maximum absolute atomic E-state index is 12.8. The van der Waals surface area contributed by atoms with Gasteiger partial charge in [0.25, 0.3) is 11.1 Å². The van der Waals surface area contributed by atoms with Gasteiger partial charge in [-0.25, -0.2) is 4.79 Å². The SMILES string of the molecule is O=C(O)C(F)(F)Sc1nnc(-c2cccs2)o1. The summed E-state index contributed by atoms with van der Waals surface area (Å²) in [6.45, 7) is 0. The lowest BCUT2D eigenvalue weighted by atomic mass is 10.5. The molecule has 2 heterocycles. The minimum atomic E-state index is -3.99. The van der Waals surface area contributed by atoms with Crippen molar-refractivity contribution in [2.45, 2.75) is 10.5 Å². The van der Waals surface area contributed by atoms with Crippen LogP contribution in [0.5, 0.6) is 0 Å². The molecule has 0 saturated heterocycles. The van der Waals surface area contributed by atoms with Crippen LogP contribution in [0.4, 0.5) is 8.78 Å². The van der Waals surface area contributed by atoms with Gasteiger partial charge in [-0.15, -0.1) is 21.5 Å². The number of alkyl halides is 2. The fraction of sp³-hybridized carbons (Fsp3) is 0.125. The van der Waals surface area contributed by atoms with E-state index in [0.717, 1.165) is 0 Å². The lowest BCUT2D eigenvalue weighted by Gasteiger charge is -2.05. The molecule has 2 aromatic heterocycles. The second-order valence-electron chi connectivity index (χ2n) is 2.77. The lowest BCUT2D eigenvalue weighted by molar-refractivity contribution is -0.153. The molecule has 0 bridgehead atoms. The fourth-order valence-electron chi connectivity index (χ4n) is 0.904. The predicted octanol–water partition coefficient (Wildman–Crippen LogP) is 2.57. The van der Waals surface area contributed by atoms with Crippen molar-refractivity contribution in [3.8, 4) is 10.8 Å². The van der Waals surface area contributed by atoms with Gasteiger partial charge in [-0.05, 0) is 11.4 Å². The third-order valence-corrected chi connectivity index (χ3v) is 3.23. The Morgan fingerprint density at radius 3 is 2.88 bits per heavy atom. The van der Waals surface area contributed by atoms with E-state index in [1.54, 1.807) is 17.5 Å². The van der Waals surface area contributed by atoms with E-state index in [1.165, 1.54) is 11.3 Å². The summed E-state index contributed by atoms with van der Waals surface area (Å²) in [4.78, 5) is 10.8. The molecule has 0 unspecified atom stereocenters. The highest BCUT2D eigenvalue weighted by molar-refractivity contribution is 8.00. The molecule has 9 heteroatoms. The van der Waals surface area contributed by atoms with Gasteiger partial charge in [0.15, 0.2) is 0 Å². The number of carbonyl (C=O) groups is 1. The van der Waals surface area contributed by atoms with Crippen LogP contribution in [0.15, 0.2) is 27.2 Å². The molecule has 0 aliphatic rings. The third kappa shape index (κ3) is 2.61. The van der Waals surface area contributed by atoms with Gasteiger partial charge < -0.3 is 9.52 Å². The average molecular weight is 278 g/mol. The first kappa shape index (κ1) is 12.0. The van der Waals surface area contributed by atoms with E-state index in [-0.39, 0.29) is 17.7 Å². The van der Waals surface area contributed by atoms with E-state index in [0.29, 0.717) is 4.88 Å². The van der Waals surface area contributed by atoms with Crippen molar-refractivity contribution in [1.82, 2.24) is 10.2 Å². The molecule has 5 nitrogen and oxygen atoms in total. The molecule has 0 aromatic carbocycles. The second kappa shape index (κ2) is 4.41. The number of aliphatic carboxylic acids is 1. The largest absolute Gasteiger partial charge is 0.476 e. The molecular weight excluding hydrogens is 274 g/mol. The van der Waals surface area contributed by atoms with Crippen LogP contribution in [0.2, 0.25) is 0 Å². The van der Waals surface area contributed by atoms with Gasteiger partial charge in [-0.2, -0.15) is 8.78 Å². The molecule has 2 rings (SSSR count). The van der Waals surface area contributed by atoms with Crippen LogP contribution in [0, 0.1) is 0 Å². The standard InChI is InChI=1S/C8H4F2N2O3S2/c9-8(10,6(13)14)17-7-12-11-5(15-7)4-2-1-3-16-4/h1-3H,(H,13,14). The molecule has 0 aliphatic heterocycles. The number of rotatable bonds is 4. The number of carboxylic acid groups (broad SMARTS) is 1. The molecule has 0 saturated carbocycles. The van der Waals surface area contributed by atoms with Crippen LogP contribution >= 0.6 is 23.1 Å². The number of hydrogen-bond donors (Lipinski definition) is 1. The van der Waals surface area contributed by atoms with Crippen LogP contribution in [-0.2, 0) is 4.79 Å². The Bertz CT molecular complexity index is 527. The number of thiophene rings is 1. The molecule has 0 spiro atoms. The maximum Gasteiger partial charge on any atom is 0.397 e. The van der Waals surface area contributed by atoms with Crippen LogP contribution < -0.4 is 0 Å². The van der Waals surface area contributed by atoms with Gasteiger partial charge in [-0.3, -0.25) is 0 Å². The Balaban J connectivity index is 2.17. The Labute approximate surface area is 101 Å². The highest BCUT2D eigenvalue weighted by atomic mass is 32.2. The van der Waals surface area contributed by atoms with Crippen molar-refractivity contribution >= 4 is 29.1 Å². The number of thioether (sulfide) groups is 1. The van der Waals surface area contributed by atoms with E-state index in [4.69, 9.17) is 9.52 Å². The van der Waals surface area contributed by atoms with Gasteiger partial charge in [0.05, 0.1) is 4.88 Å². The first-order chi connectivity index (χ1) is 7.99. The molecule has 1 N–H and O–H groups in total. The van der Waals surface area contributed by atoms with E-state index < -0.39 is 16.4 Å². The minimum Gasteiger partial charge on any atom is -0.476 e. The Kier molecular flexibility index (Phi) is 3.11. The second-order valence-corrected chi connectivity index (χ2v) is 4.79. The van der Waals surface area contributed by atoms with Gasteiger partial charge in [-0.1, -0.05) is 6.07 Å². The highest BCUT2D eigenvalue weighted by Gasteiger charge is 2.42. The molecule has 17 heavy (non-hydrogen) atoms. The Hall–Kier alpha value is -1.48. The predicted molar refractivity (Wildman–Crippen MR) is 56.1 cm³/mol. The third-order valence-electron chi connectivity index (χ3n) is 1.60. The van der Waals surface area contributed by atoms with Crippen LogP contribution in [0.25, 0.3) is 10.8 Å². The van der Waals surface area contributed by atoms with Crippen molar-refractivity contribution in [1.29, 1.82) is 0 Å². The number of halogens is 2. The molecule has 0 atom stereocenters. The molecular formula is C8H4F2N2O3S2. The van der Waals surface area contributed by atoms with Crippen LogP contribution in [-0.4, -0.2) is 26.5 Å². The molecule has 2 aromatic rings. The van der Waals surface area contributed by atoms with Crippen molar-refractivity contribution in [2.75, 3.05) is 0 Å². The van der Waals surface area contributed by atoms with E-state index >= 15 is 0 Å². The summed E-state index contributed by atoms with van der Waals surface area (Å²) in [5, 5.41) is 12.4. The highest BCUT2D eigenvalue weighted by Crippen LogP contribution is 2.36. The fourth-order valence-corrected chi connectivity index (χ4v) is 2.06. The number of aromatic nitrogens is 2. The molecule has 90 valence electrons. The summed E-state index contributed by atoms with van der Waals surface area (Å²) in [6.07, 6.45) is 0. The zero-order valence-electron chi connectivity index (χ0n) is 7.96. The topological polar surface area (TPSA) is 76.2 Å². The lowest BCUT2D eigenvalue weighted by Crippen LogP contribution is -2.23. The minimum absolute atomic E-state index is 0.0867.